The van der Waals surface area contributed by atoms with E-state index < -0.39 is 5.92 Å². The zero-order chi connectivity index (χ0) is 25.8. The number of aliphatic hydroxyl groups is 2. The fourth-order valence-electron chi connectivity index (χ4n) is 5.83. The first-order chi connectivity index (χ1) is 17.0. The quantitative estimate of drug-likeness (QED) is 0.401. The third-order valence-electron chi connectivity index (χ3n) is 7.34. The van der Waals surface area contributed by atoms with E-state index in [9.17, 15) is 19.8 Å². The number of pyridine rings is 1. The minimum Gasteiger partial charge on any atom is -0.512 e. The maximum atomic E-state index is 13.6. The smallest absolute Gasteiger partial charge is 0.292 e. The number of H-pyrrole nitrogens is 1. The molecule has 2 aliphatic carbocycles. The molecule has 2 aliphatic rings. The van der Waals surface area contributed by atoms with Crippen LogP contribution in [-0.4, -0.2) is 26.8 Å². The summed E-state index contributed by atoms with van der Waals surface area (Å²) >= 11 is 0. The average molecular weight is 486 g/mol. The third-order valence-corrected chi connectivity index (χ3v) is 7.34. The van der Waals surface area contributed by atoms with E-state index in [-0.39, 0.29) is 57.9 Å². The number of aromatic nitrogens is 2. The van der Waals surface area contributed by atoms with Crippen molar-refractivity contribution in [2.75, 3.05) is 0 Å². The van der Waals surface area contributed by atoms with Gasteiger partial charge in [0.25, 0.3) is 5.82 Å². The molecule has 36 heavy (non-hydrogen) atoms. The van der Waals surface area contributed by atoms with Gasteiger partial charge in [-0.25, -0.2) is 4.98 Å². The summed E-state index contributed by atoms with van der Waals surface area (Å²) in [6, 6.07) is 15.6. The van der Waals surface area contributed by atoms with Gasteiger partial charge in [0.1, 0.15) is 11.5 Å². The van der Waals surface area contributed by atoms with Crippen molar-refractivity contribution in [2.45, 2.75) is 59.3 Å². The van der Waals surface area contributed by atoms with Gasteiger partial charge in [-0.3, -0.25) is 9.59 Å². The second-order valence-electron chi connectivity index (χ2n) is 11.7. The number of carbonyl (C=O) groups is 2. The lowest BCUT2D eigenvalue weighted by Crippen LogP contribution is -2.34. The summed E-state index contributed by atoms with van der Waals surface area (Å²) in [5, 5.41) is 22.5. The topological polar surface area (TPSA) is 94.5 Å². The number of Topliss-reactive ketones (excluding diaryl/α,β-unsaturated/α-hetero) is 2. The first-order valence-corrected chi connectivity index (χ1v) is 12.5. The van der Waals surface area contributed by atoms with Crippen LogP contribution in [0.25, 0.3) is 16.9 Å². The molecule has 6 nitrogen and oxygen atoms in total. The van der Waals surface area contributed by atoms with Crippen LogP contribution in [-0.2, 0) is 9.59 Å². The minimum absolute atomic E-state index is 0.0101. The minimum atomic E-state index is -0.896. The van der Waals surface area contributed by atoms with Crippen molar-refractivity contribution in [3.05, 3.63) is 83.1 Å². The van der Waals surface area contributed by atoms with Crippen LogP contribution in [0.15, 0.2) is 77.4 Å². The maximum Gasteiger partial charge on any atom is 0.292 e. The summed E-state index contributed by atoms with van der Waals surface area (Å²) < 4.78 is 1.99. The number of carbonyl (C=O) groups excluding carboxylic acids is 2. The summed E-state index contributed by atoms with van der Waals surface area (Å²) in [6.45, 7) is 7.80. The first kappa shape index (κ1) is 24.0. The summed E-state index contributed by atoms with van der Waals surface area (Å²) in [5.74, 6) is -0.521. The summed E-state index contributed by atoms with van der Waals surface area (Å²) in [6.07, 6.45) is 3.10. The molecule has 3 aromatic rings. The van der Waals surface area contributed by atoms with Crippen molar-refractivity contribution < 1.29 is 24.2 Å². The molecular weight excluding hydrogens is 452 g/mol. The number of hydrogen-bond donors (Lipinski definition) is 3. The molecule has 0 saturated heterocycles. The Morgan fingerprint density at radius 1 is 0.778 bits per heavy atom. The molecule has 0 fully saturated rings. The van der Waals surface area contributed by atoms with Crippen LogP contribution in [0.2, 0.25) is 0 Å². The number of imidazole rings is 1. The van der Waals surface area contributed by atoms with Gasteiger partial charge in [-0.1, -0.05) is 52.0 Å². The second-order valence-corrected chi connectivity index (χ2v) is 11.7. The Kier molecular flexibility index (Phi) is 5.66. The van der Waals surface area contributed by atoms with Crippen LogP contribution in [0.3, 0.4) is 0 Å². The molecule has 0 spiro atoms. The lowest BCUT2D eigenvalue weighted by molar-refractivity contribution is -0.498. The van der Waals surface area contributed by atoms with E-state index in [1.807, 2.05) is 86.8 Å². The Labute approximate surface area is 211 Å². The first-order valence-electron chi connectivity index (χ1n) is 12.5. The lowest BCUT2D eigenvalue weighted by atomic mass is 9.67. The van der Waals surface area contributed by atoms with Crippen LogP contribution in [0.4, 0.5) is 0 Å². The SMILES string of the molecule is CC1(C)CC(=O)C(C(C2=C(O)CC(C)(C)CC2=O)c2[nH]c(-c3ccccc3)[n+]3ccccc23)=C(O)C1. The second kappa shape index (κ2) is 8.47. The number of hydrogen-bond acceptors (Lipinski definition) is 4. The maximum absolute atomic E-state index is 13.6. The monoisotopic (exact) mass is 485 g/mol. The Bertz CT molecular complexity index is 1390. The fourth-order valence-corrected chi connectivity index (χ4v) is 5.83. The van der Waals surface area contributed by atoms with Gasteiger partial charge in [-0.15, -0.1) is 0 Å². The van der Waals surface area contributed by atoms with Crippen molar-refractivity contribution in [2.24, 2.45) is 10.8 Å². The van der Waals surface area contributed by atoms with Crippen molar-refractivity contribution in [1.29, 1.82) is 0 Å². The summed E-state index contributed by atoms with van der Waals surface area (Å²) in [5.41, 5.74) is 1.97. The van der Waals surface area contributed by atoms with Crippen LogP contribution in [0.5, 0.6) is 0 Å². The van der Waals surface area contributed by atoms with E-state index in [0.29, 0.717) is 18.5 Å². The Hall–Kier alpha value is -3.67. The number of aliphatic hydroxyl groups excluding tert-OH is 2. The molecule has 0 amide bonds. The van der Waals surface area contributed by atoms with Gasteiger partial charge >= 0.3 is 0 Å². The number of allylic oxidation sites excluding steroid dienone is 4. The van der Waals surface area contributed by atoms with E-state index in [0.717, 1.165) is 16.9 Å². The molecule has 0 unspecified atom stereocenters. The summed E-state index contributed by atoms with van der Waals surface area (Å²) in [7, 11) is 0. The number of benzene rings is 1. The summed E-state index contributed by atoms with van der Waals surface area (Å²) in [4.78, 5) is 30.6. The normalized spacial score (nSPS) is 20.0. The van der Waals surface area contributed by atoms with Crippen LogP contribution in [0.1, 0.15) is 65.0 Å². The number of aromatic amines is 1. The van der Waals surface area contributed by atoms with Crippen molar-refractivity contribution in [1.82, 2.24) is 4.98 Å². The zero-order valence-corrected chi connectivity index (χ0v) is 21.3. The van der Waals surface area contributed by atoms with Gasteiger partial charge < -0.3 is 10.2 Å². The standard InChI is InChI=1S/C30H32N2O4/c1-29(2)14-20(33)24(21(34)15-29)26(25-22(35)16-30(3,4)17-23(25)36)27-19-12-8-9-13-32(19)28(31-27)18-10-6-5-7-11-18/h5-13,26H,14-17H2,1-4H3,(H2,33,34,35,36)/p+1. The molecule has 6 heteroatoms. The van der Waals surface area contributed by atoms with Crippen LogP contribution >= 0.6 is 0 Å². The number of fused-ring (bicyclic) bond motifs is 1. The lowest BCUT2D eigenvalue weighted by Gasteiger charge is -2.35. The molecule has 5 rings (SSSR count). The number of rotatable bonds is 4. The predicted octanol–water partition coefficient (Wildman–Crippen LogP) is 5.91. The van der Waals surface area contributed by atoms with Crippen LogP contribution in [0, 0.1) is 10.8 Å². The van der Waals surface area contributed by atoms with Gasteiger partial charge in [0.05, 0.1) is 17.7 Å². The Balaban J connectivity index is 1.82. The van der Waals surface area contributed by atoms with E-state index in [1.165, 1.54) is 0 Å². The third kappa shape index (κ3) is 4.15. The molecule has 0 radical (unpaired) electrons. The van der Waals surface area contributed by atoms with Gasteiger partial charge in [-0.2, -0.15) is 4.40 Å². The van der Waals surface area contributed by atoms with E-state index >= 15 is 0 Å². The van der Waals surface area contributed by atoms with E-state index in [1.54, 1.807) is 0 Å². The molecule has 1 aromatic carbocycles. The molecule has 0 atom stereocenters. The molecule has 0 saturated carbocycles. The molecule has 186 valence electrons. The molecule has 0 bridgehead atoms. The highest BCUT2D eigenvalue weighted by Crippen LogP contribution is 2.48. The number of nitrogens with one attached hydrogen (secondary N) is 1. The van der Waals surface area contributed by atoms with Gasteiger partial charge in [0.2, 0.25) is 0 Å². The highest BCUT2D eigenvalue weighted by atomic mass is 16.3. The van der Waals surface area contributed by atoms with Crippen molar-refractivity contribution >= 4 is 17.1 Å². The van der Waals surface area contributed by atoms with E-state index in [4.69, 9.17) is 0 Å². The Morgan fingerprint density at radius 2 is 1.31 bits per heavy atom. The Morgan fingerprint density at radius 3 is 1.83 bits per heavy atom. The van der Waals surface area contributed by atoms with Crippen molar-refractivity contribution in [3.8, 4) is 11.4 Å². The van der Waals surface area contributed by atoms with Gasteiger partial charge in [0, 0.05) is 36.8 Å². The van der Waals surface area contributed by atoms with Crippen molar-refractivity contribution in [3.63, 3.8) is 0 Å². The number of nitrogens with zero attached hydrogens (tertiary/aromatic N) is 1. The highest BCUT2D eigenvalue weighted by Gasteiger charge is 2.46. The molecule has 0 aliphatic heterocycles. The average Bonchev–Trinajstić information content (AvgIpc) is 3.15. The molecule has 2 heterocycles. The largest absolute Gasteiger partial charge is 0.512 e. The van der Waals surface area contributed by atoms with Gasteiger partial charge in [-0.05, 0) is 35.1 Å². The molecule has 2 aromatic heterocycles. The predicted molar refractivity (Wildman–Crippen MR) is 137 cm³/mol. The zero-order valence-electron chi connectivity index (χ0n) is 21.3. The van der Waals surface area contributed by atoms with Gasteiger partial charge in [0.15, 0.2) is 22.8 Å². The van der Waals surface area contributed by atoms with E-state index in [2.05, 4.69) is 4.98 Å². The highest BCUT2D eigenvalue weighted by molar-refractivity contribution is 6.05. The van der Waals surface area contributed by atoms with Crippen LogP contribution < -0.4 is 4.40 Å². The molecule has 3 N–H and O–H groups in total. The number of ketones is 2. The fraction of sp³-hybridized carbons (Fsp3) is 0.367. The molecular formula is C30H33N2O4+.